The van der Waals surface area contributed by atoms with Crippen LogP contribution >= 0.6 is 0 Å². The van der Waals surface area contributed by atoms with Crippen LogP contribution < -0.4 is 9.64 Å². The summed E-state index contributed by atoms with van der Waals surface area (Å²) in [7, 11) is 1.37. The molecule has 2 aromatic carbocycles. The van der Waals surface area contributed by atoms with E-state index in [-0.39, 0.29) is 29.7 Å². The summed E-state index contributed by atoms with van der Waals surface area (Å²) in [5.41, 5.74) is 0.357. The van der Waals surface area contributed by atoms with E-state index in [1.54, 1.807) is 15.9 Å². The minimum atomic E-state index is -0.643. The lowest BCUT2D eigenvalue weighted by Crippen LogP contribution is -2.59. The third-order valence-corrected chi connectivity index (χ3v) is 5.69. The number of amides is 2. The topological polar surface area (TPSA) is 59.1 Å². The molecule has 0 radical (unpaired) electrons. The number of nitrogens with zero attached hydrogens (tertiary/aromatic N) is 2. The summed E-state index contributed by atoms with van der Waals surface area (Å²) < 4.78 is 25.4. The lowest BCUT2D eigenvalue weighted by atomic mass is 9.88. The number of morpholine rings is 1. The lowest BCUT2D eigenvalue weighted by molar-refractivity contribution is -0.143. The van der Waals surface area contributed by atoms with Crippen molar-refractivity contribution in [2.75, 3.05) is 38.3 Å². The molecule has 0 N–H and O–H groups in total. The summed E-state index contributed by atoms with van der Waals surface area (Å²) in [6.45, 7) is 1.34. The van der Waals surface area contributed by atoms with Crippen molar-refractivity contribution in [3.05, 3.63) is 59.9 Å². The summed E-state index contributed by atoms with van der Waals surface area (Å²) in [6.07, 6.45) is 1.17. The van der Waals surface area contributed by atoms with Gasteiger partial charge in [-0.15, -0.1) is 0 Å². The lowest BCUT2D eigenvalue weighted by Gasteiger charge is -2.47. The largest absolute Gasteiger partial charge is 0.494 e. The number of methoxy groups -OCH3 is 1. The number of carbonyl (C=O) groups excluding carboxylic acids is 2. The van der Waals surface area contributed by atoms with Crippen molar-refractivity contribution in [3.8, 4) is 5.75 Å². The molecule has 29 heavy (non-hydrogen) atoms. The van der Waals surface area contributed by atoms with E-state index in [9.17, 15) is 14.0 Å². The van der Waals surface area contributed by atoms with Gasteiger partial charge in [-0.2, -0.15) is 0 Å². The molecule has 2 aromatic rings. The third-order valence-electron chi connectivity index (χ3n) is 5.69. The molecule has 0 aliphatic carbocycles. The van der Waals surface area contributed by atoms with Crippen molar-refractivity contribution in [1.82, 2.24) is 4.90 Å². The van der Waals surface area contributed by atoms with Crippen LogP contribution in [0.5, 0.6) is 5.75 Å². The fourth-order valence-corrected chi connectivity index (χ4v) is 3.98. The van der Waals surface area contributed by atoms with Gasteiger partial charge in [0.2, 0.25) is 0 Å². The number of anilines is 1. The molecule has 6 nitrogen and oxygen atoms in total. The van der Waals surface area contributed by atoms with Crippen LogP contribution in [0.25, 0.3) is 0 Å². The highest BCUT2D eigenvalue weighted by molar-refractivity contribution is 5.96. The second-order valence-electron chi connectivity index (χ2n) is 7.40. The summed E-state index contributed by atoms with van der Waals surface area (Å²) in [5.74, 6) is -1.02. The molecule has 2 aliphatic heterocycles. The van der Waals surface area contributed by atoms with Gasteiger partial charge in [-0.05, 0) is 37.1 Å². The van der Waals surface area contributed by atoms with E-state index in [1.807, 2.05) is 30.3 Å². The van der Waals surface area contributed by atoms with E-state index in [1.165, 1.54) is 19.2 Å². The Morgan fingerprint density at radius 3 is 2.52 bits per heavy atom. The molecule has 0 unspecified atom stereocenters. The normalized spacial score (nSPS) is 18.8. The van der Waals surface area contributed by atoms with Gasteiger partial charge in [-0.25, -0.2) is 4.39 Å². The zero-order valence-corrected chi connectivity index (χ0v) is 16.3. The summed E-state index contributed by atoms with van der Waals surface area (Å²) >= 11 is 0. The molecule has 0 saturated carbocycles. The van der Waals surface area contributed by atoms with Crippen LogP contribution in [0, 0.1) is 5.82 Å². The van der Waals surface area contributed by atoms with Crippen molar-refractivity contribution in [3.63, 3.8) is 0 Å². The molecule has 2 saturated heterocycles. The highest BCUT2D eigenvalue weighted by atomic mass is 19.1. The predicted molar refractivity (Wildman–Crippen MR) is 106 cm³/mol. The molecule has 0 aromatic heterocycles. The van der Waals surface area contributed by atoms with Crippen molar-refractivity contribution in [1.29, 1.82) is 0 Å². The van der Waals surface area contributed by atoms with Gasteiger partial charge in [0, 0.05) is 18.8 Å². The molecule has 7 heteroatoms. The third kappa shape index (κ3) is 3.70. The van der Waals surface area contributed by atoms with Crippen LogP contribution in [0.1, 0.15) is 23.2 Å². The molecule has 0 atom stereocenters. The summed E-state index contributed by atoms with van der Waals surface area (Å²) in [5, 5.41) is 0. The number of halogens is 1. The second-order valence-corrected chi connectivity index (χ2v) is 7.40. The zero-order valence-electron chi connectivity index (χ0n) is 16.3. The molecule has 2 fully saturated rings. The number of para-hydroxylation sites is 1. The molecule has 2 aliphatic rings. The first kappa shape index (κ1) is 19.4. The SMILES string of the molecule is COc1cccc(C(=O)N2CCC3(CC2)CN(c2ccccc2)C(=O)CO3)c1F. The van der Waals surface area contributed by atoms with Crippen molar-refractivity contribution in [2.45, 2.75) is 18.4 Å². The first-order valence-corrected chi connectivity index (χ1v) is 9.64. The van der Waals surface area contributed by atoms with Crippen LogP contribution in [0.4, 0.5) is 10.1 Å². The molecule has 4 rings (SSSR count). The van der Waals surface area contributed by atoms with Crippen LogP contribution in [-0.4, -0.2) is 55.7 Å². The van der Waals surface area contributed by atoms with Gasteiger partial charge >= 0.3 is 0 Å². The first-order chi connectivity index (χ1) is 14.0. The Labute approximate surface area is 168 Å². The number of carbonyl (C=O) groups is 2. The van der Waals surface area contributed by atoms with Crippen LogP contribution in [0.3, 0.4) is 0 Å². The van der Waals surface area contributed by atoms with Gasteiger partial charge in [0.05, 0.1) is 24.8 Å². The maximum Gasteiger partial charge on any atom is 0.256 e. The van der Waals surface area contributed by atoms with Gasteiger partial charge in [0.15, 0.2) is 11.6 Å². The fourth-order valence-electron chi connectivity index (χ4n) is 3.98. The van der Waals surface area contributed by atoms with E-state index in [4.69, 9.17) is 9.47 Å². The molecular formula is C22H23FN2O4. The Kier molecular flexibility index (Phi) is 5.24. The average Bonchev–Trinajstić information content (AvgIpc) is 2.76. The molecule has 0 bridgehead atoms. The van der Waals surface area contributed by atoms with Crippen molar-refractivity contribution in [2.24, 2.45) is 0 Å². The van der Waals surface area contributed by atoms with Crippen LogP contribution in [-0.2, 0) is 9.53 Å². The average molecular weight is 398 g/mol. The number of ether oxygens (including phenoxy) is 2. The van der Waals surface area contributed by atoms with Crippen molar-refractivity contribution < 1.29 is 23.5 Å². The van der Waals surface area contributed by atoms with E-state index in [2.05, 4.69) is 0 Å². The van der Waals surface area contributed by atoms with Gasteiger partial charge in [-0.3, -0.25) is 9.59 Å². The number of rotatable bonds is 3. The first-order valence-electron chi connectivity index (χ1n) is 9.64. The number of hydrogen-bond donors (Lipinski definition) is 0. The van der Waals surface area contributed by atoms with Gasteiger partial charge < -0.3 is 19.3 Å². The van der Waals surface area contributed by atoms with Gasteiger partial charge in [-0.1, -0.05) is 24.3 Å². The van der Waals surface area contributed by atoms with E-state index in [0.717, 1.165) is 5.69 Å². The molecule has 2 heterocycles. The highest BCUT2D eigenvalue weighted by Gasteiger charge is 2.43. The monoisotopic (exact) mass is 398 g/mol. The Hall–Kier alpha value is -2.93. The number of hydrogen-bond acceptors (Lipinski definition) is 4. The minimum Gasteiger partial charge on any atom is -0.494 e. The molecular weight excluding hydrogens is 375 g/mol. The standard InChI is InChI=1S/C22H23FN2O4/c1-28-18-9-5-8-17(20(18)23)21(27)24-12-10-22(11-13-24)15-25(19(26)14-29-22)16-6-3-2-4-7-16/h2-9H,10-15H2,1H3. The van der Waals surface area contributed by atoms with Crippen LogP contribution in [0.15, 0.2) is 48.5 Å². The van der Waals surface area contributed by atoms with E-state index < -0.39 is 11.4 Å². The van der Waals surface area contributed by atoms with E-state index >= 15 is 0 Å². The minimum absolute atomic E-state index is 0.00551. The summed E-state index contributed by atoms with van der Waals surface area (Å²) in [6, 6.07) is 14.1. The highest BCUT2D eigenvalue weighted by Crippen LogP contribution is 2.33. The quantitative estimate of drug-likeness (QED) is 0.798. The smallest absolute Gasteiger partial charge is 0.256 e. The Bertz CT molecular complexity index is 910. The fraction of sp³-hybridized carbons (Fsp3) is 0.364. The molecule has 152 valence electrons. The molecule has 1 spiro atoms. The Morgan fingerprint density at radius 1 is 1.10 bits per heavy atom. The Balaban J connectivity index is 1.46. The van der Waals surface area contributed by atoms with Crippen LogP contribution in [0.2, 0.25) is 0 Å². The van der Waals surface area contributed by atoms with Crippen molar-refractivity contribution >= 4 is 17.5 Å². The van der Waals surface area contributed by atoms with Gasteiger partial charge in [0.25, 0.3) is 11.8 Å². The number of piperidine rings is 1. The number of likely N-dealkylation sites (tertiary alicyclic amines) is 1. The maximum absolute atomic E-state index is 14.5. The summed E-state index contributed by atoms with van der Waals surface area (Å²) in [4.78, 5) is 28.6. The maximum atomic E-state index is 14.5. The zero-order chi connectivity index (χ0) is 20.4. The number of benzene rings is 2. The van der Waals surface area contributed by atoms with Gasteiger partial charge in [0.1, 0.15) is 6.61 Å². The predicted octanol–water partition coefficient (Wildman–Crippen LogP) is 2.87. The molecule has 2 amide bonds. The second kappa shape index (κ2) is 7.83. The Morgan fingerprint density at radius 2 is 1.83 bits per heavy atom. The van der Waals surface area contributed by atoms with E-state index in [0.29, 0.717) is 32.5 Å².